The molecule has 0 saturated heterocycles. The Morgan fingerprint density at radius 2 is 1.84 bits per heavy atom. The second kappa shape index (κ2) is 7.77. The third kappa shape index (κ3) is 3.15. The van der Waals surface area contributed by atoms with Crippen LogP contribution in [-0.4, -0.2) is 33.8 Å². The monoisotopic (exact) mass is 436 g/mol. The number of alkyl halides is 1. The van der Waals surface area contributed by atoms with Crippen molar-refractivity contribution in [3.8, 4) is 17.2 Å². The number of guanidine groups is 1. The molecule has 3 heterocycles. The van der Waals surface area contributed by atoms with E-state index in [1.807, 2.05) is 6.07 Å². The van der Waals surface area contributed by atoms with Gasteiger partial charge in [-0.3, -0.25) is 19.7 Å². The predicted octanol–water partition coefficient (Wildman–Crippen LogP) is 2.79. The molecule has 2 N–H and O–H groups in total. The Kier molecular flexibility index (Phi) is 5.10. The average Bonchev–Trinajstić information content (AvgIpc) is 3.04. The first-order valence-corrected chi connectivity index (χ1v) is 9.30. The molecule has 0 spiro atoms. The number of benzene rings is 1. The lowest BCUT2D eigenvalue weighted by molar-refractivity contribution is -0.129. The number of hydrogen-bond donors (Lipinski definition) is 1. The summed E-state index contributed by atoms with van der Waals surface area (Å²) in [7, 11) is 1.36. The molecule has 1 amide bonds. The normalized spacial score (nSPS) is 17.9. The van der Waals surface area contributed by atoms with Gasteiger partial charge in [0, 0.05) is 65.7 Å². The Morgan fingerprint density at radius 1 is 1.09 bits per heavy atom. The van der Waals surface area contributed by atoms with Crippen LogP contribution in [0.3, 0.4) is 0 Å². The number of aliphatic imine (C=N–C) groups is 1. The van der Waals surface area contributed by atoms with Crippen LogP contribution < -0.4 is 5.73 Å². The summed E-state index contributed by atoms with van der Waals surface area (Å²) in [5, 5.41) is 9.12. The Morgan fingerprint density at radius 3 is 2.50 bits per heavy atom. The number of rotatable bonds is 4. The first kappa shape index (κ1) is 21.0. The van der Waals surface area contributed by atoms with Gasteiger partial charge < -0.3 is 5.73 Å². The van der Waals surface area contributed by atoms with Crippen molar-refractivity contribution >= 4 is 11.9 Å². The van der Waals surface area contributed by atoms with Gasteiger partial charge in [-0.1, -0.05) is 0 Å². The minimum atomic E-state index is -2.04. The fourth-order valence-electron chi connectivity index (χ4n) is 3.61. The Bertz CT molecular complexity index is 1320. The average molecular weight is 436 g/mol. The number of halogens is 3. The maximum absolute atomic E-state index is 15.2. The van der Waals surface area contributed by atoms with E-state index < -0.39 is 29.8 Å². The summed E-state index contributed by atoms with van der Waals surface area (Å²) in [6, 6.07) is 6.36. The molecule has 1 unspecified atom stereocenters. The summed E-state index contributed by atoms with van der Waals surface area (Å²) in [5.41, 5.74) is 4.02. The number of amides is 1. The third-order valence-corrected chi connectivity index (χ3v) is 5.23. The largest absolute Gasteiger partial charge is 0.369 e. The van der Waals surface area contributed by atoms with Crippen LogP contribution in [0.2, 0.25) is 0 Å². The highest BCUT2D eigenvalue weighted by Crippen LogP contribution is 2.42. The van der Waals surface area contributed by atoms with Gasteiger partial charge in [0.05, 0.1) is 5.56 Å². The molecule has 1 aliphatic heterocycles. The first-order valence-electron chi connectivity index (χ1n) is 9.30. The van der Waals surface area contributed by atoms with Gasteiger partial charge >= 0.3 is 0 Å². The highest BCUT2D eigenvalue weighted by Gasteiger charge is 2.51. The van der Waals surface area contributed by atoms with E-state index in [-0.39, 0.29) is 39.3 Å². The number of carbonyl (C=O) groups is 1. The zero-order chi connectivity index (χ0) is 23.0. The number of likely N-dealkylation sites (N-methyl/N-ethyl adjacent to an activating group) is 1. The summed E-state index contributed by atoms with van der Waals surface area (Å²) in [6.07, 6.45) is 5.12. The molecule has 10 heteroatoms. The minimum Gasteiger partial charge on any atom is -0.369 e. The smallest absolute Gasteiger partial charge is 0.266 e. The molecule has 3 aromatic rings. The van der Waals surface area contributed by atoms with Crippen LogP contribution in [0.4, 0.5) is 13.2 Å². The Balaban J connectivity index is 2.03. The molecule has 1 atom stereocenters. The van der Waals surface area contributed by atoms with Gasteiger partial charge in [-0.05, 0) is 18.2 Å². The number of hydrogen-bond acceptors (Lipinski definition) is 6. The molecule has 0 saturated carbocycles. The minimum absolute atomic E-state index is 0.0744. The lowest BCUT2D eigenvalue weighted by atomic mass is 9.81. The summed E-state index contributed by atoms with van der Waals surface area (Å²) in [4.78, 5) is 26.4. The van der Waals surface area contributed by atoms with Gasteiger partial charge in [0.15, 0.2) is 11.5 Å². The van der Waals surface area contributed by atoms with Crippen molar-refractivity contribution in [3.05, 3.63) is 82.9 Å². The topological polar surface area (TPSA) is 108 Å². The SMILES string of the molecule is CN1C(=O)C(c2cncc(CF)c2)(c2cc(-c3cncc(C#N)c3)c(F)cc2F)N=C1N. The molecular formula is C22H15F3N6O. The zero-order valence-corrected chi connectivity index (χ0v) is 16.7. The summed E-state index contributed by atoms with van der Waals surface area (Å²) in [5.74, 6) is -2.89. The maximum atomic E-state index is 15.2. The highest BCUT2D eigenvalue weighted by atomic mass is 19.1. The molecule has 1 aromatic carbocycles. The van der Waals surface area contributed by atoms with Crippen molar-refractivity contribution < 1.29 is 18.0 Å². The predicted molar refractivity (Wildman–Crippen MR) is 109 cm³/mol. The van der Waals surface area contributed by atoms with E-state index in [1.165, 1.54) is 44.0 Å². The molecule has 0 aliphatic carbocycles. The second-order valence-electron chi connectivity index (χ2n) is 7.15. The summed E-state index contributed by atoms with van der Waals surface area (Å²) < 4.78 is 43.3. The third-order valence-electron chi connectivity index (χ3n) is 5.23. The van der Waals surface area contributed by atoms with Crippen LogP contribution in [-0.2, 0) is 17.0 Å². The zero-order valence-electron chi connectivity index (χ0n) is 16.7. The van der Waals surface area contributed by atoms with Gasteiger partial charge in [-0.25, -0.2) is 18.2 Å². The van der Waals surface area contributed by atoms with Gasteiger partial charge in [0.1, 0.15) is 24.4 Å². The van der Waals surface area contributed by atoms with Crippen LogP contribution in [0, 0.1) is 23.0 Å². The molecule has 4 rings (SSSR count). The molecule has 0 bridgehead atoms. The van der Waals surface area contributed by atoms with Gasteiger partial charge in [-0.2, -0.15) is 5.26 Å². The van der Waals surface area contributed by atoms with Crippen LogP contribution in [0.5, 0.6) is 0 Å². The second-order valence-corrected chi connectivity index (χ2v) is 7.15. The molecule has 32 heavy (non-hydrogen) atoms. The lowest BCUT2D eigenvalue weighted by Gasteiger charge is -2.27. The van der Waals surface area contributed by atoms with Crippen LogP contribution >= 0.6 is 0 Å². The molecular weight excluding hydrogens is 421 g/mol. The molecule has 1 aliphatic rings. The van der Waals surface area contributed by atoms with E-state index >= 15 is 4.39 Å². The van der Waals surface area contributed by atoms with E-state index in [2.05, 4.69) is 15.0 Å². The van der Waals surface area contributed by atoms with Gasteiger partial charge in [-0.15, -0.1) is 0 Å². The van der Waals surface area contributed by atoms with Crippen molar-refractivity contribution in [3.63, 3.8) is 0 Å². The van der Waals surface area contributed by atoms with Gasteiger partial charge in [0.2, 0.25) is 0 Å². The lowest BCUT2D eigenvalue weighted by Crippen LogP contribution is -2.41. The number of pyridine rings is 2. The molecule has 0 fully saturated rings. The quantitative estimate of drug-likeness (QED) is 0.677. The Hall–Kier alpha value is -4.26. The van der Waals surface area contributed by atoms with Crippen molar-refractivity contribution in [2.45, 2.75) is 12.2 Å². The number of nitrogens with zero attached hydrogens (tertiary/aromatic N) is 5. The van der Waals surface area contributed by atoms with Crippen molar-refractivity contribution in [2.24, 2.45) is 10.7 Å². The molecule has 2 aromatic heterocycles. The van der Waals surface area contributed by atoms with Crippen LogP contribution in [0.25, 0.3) is 11.1 Å². The maximum Gasteiger partial charge on any atom is 0.266 e. The number of aromatic nitrogens is 2. The standard InChI is InChI=1S/C22H15F3N6O/c1-31-20(32)22(30-21(31)27,15-3-12(6-23)8-29-11-15)17-4-16(18(24)5-19(17)25)14-2-13(7-26)9-28-10-14/h2-5,8-11H,6H2,1H3,(H2,27,30). The van der Waals surface area contributed by atoms with E-state index in [9.17, 15) is 13.6 Å². The fraction of sp³-hybridized carbons (Fsp3) is 0.136. The van der Waals surface area contributed by atoms with E-state index in [4.69, 9.17) is 11.0 Å². The van der Waals surface area contributed by atoms with E-state index in [0.29, 0.717) is 6.07 Å². The van der Waals surface area contributed by atoms with Crippen LogP contribution in [0.15, 0.2) is 54.0 Å². The van der Waals surface area contributed by atoms with E-state index in [0.717, 1.165) is 11.0 Å². The molecule has 7 nitrogen and oxygen atoms in total. The van der Waals surface area contributed by atoms with Gasteiger partial charge in [0.25, 0.3) is 5.91 Å². The van der Waals surface area contributed by atoms with Crippen LogP contribution in [0.1, 0.15) is 22.3 Å². The van der Waals surface area contributed by atoms with Crippen molar-refractivity contribution in [1.82, 2.24) is 14.9 Å². The fourth-order valence-corrected chi connectivity index (χ4v) is 3.61. The highest BCUT2D eigenvalue weighted by molar-refractivity contribution is 6.09. The summed E-state index contributed by atoms with van der Waals surface area (Å²) in [6.45, 7) is -0.871. The first-order chi connectivity index (χ1) is 15.3. The van der Waals surface area contributed by atoms with Crippen molar-refractivity contribution in [1.29, 1.82) is 5.26 Å². The Labute approximate surface area is 180 Å². The molecule has 160 valence electrons. The number of nitriles is 1. The number of carbonyl (C=O) groups excluding carboxylic acids is 1. The molecule has 0 radical (unpaired) electrons. The summed E-state index contributed by atoms with van der Waals surface area (Å²) >= 11 is 0. The number of nitrogens with two attached hydrogens (primary N) is 1. The van der Waals surface area contributed by atoms with Crippen molar-refractivity contribution in [2.75, 3.05) is 7.05 Å². The van der Waals surface area contributed by atoms with E-state index in [1.54, 1.807) is 0 Å².